The number of halogens is 1. The molecule has 1 amide bonds. The number of hydrogen-bond acceptors (Lipinski definition) is 5. The standard InChI is InChI=1S/C19H21FN6O2/c1-24-11-15(14-3-6-21-16(14)18(24)28)17(27)25(2)13-4-7-26(8-5-13)19-22-9-12(20)10-23-19/h3,6,9-11,13,21H,4-5,7-8H2,1-2H3. The van der Waals surface area contributed by atoms with Gasteiger partial charge >= 0.3 is 0 Å². The summed E-state index contributed by atoms with van der Waals surface area (Å²) >= 11 is 0. The summed E-state index contributed by atoms with van der Waals surface area (Å²) in [6.45, 7) is 1.36. The molecule has 0 aliphatic carbocycles. The maximum absolute atomic E-state index is 13.1. The van der Waals surface area contributed by atoms with E-state index in [1.807, 2.05) is 4.90 Å². The second-order valence-corrected chi connectivity index (χ2v) is 7.06. The van der Waals surface area contributed by atoms with Gasteiger partial charge in [-0.1, -0.05) is 0 Å². The molecular formula is C19H21FN6O2. The van der Waals surface area contributed by atoms with Crippen molar-refractivity contribution in [2.24, 2.45) is 7.05 Å². The minimum Gasteiger partial charge on any atom is -0.357 e. The first-order chi connectivity index (χ1) is 13.5. The van der Waals surface area contributed by atoms with Gasteiger partial charge in [-0.3, -0.25) is 9.59 Å². The Morgan fingerprint density at radius 2 is 1.96 bits per heavy atom. The Labute approximate surface area is 160 Å². The molecule has 1 aliphatic rings. The lowest BCUT2D eigenvalue weighted by molar-refractivity contribution is 0.0710. The van der Waals surface area contributed by atoms with Gasteiger partial charge < -0.3 is 19.4 Å². The average molecular weight is 384 g/mol. The average Bonchev–Trinajstić information content (AvgIpc) is 3.20. The van der Waals surface area contributed by atoms with Crippen molar-refractivity contribution in [3.8, 4) is 0 Å². The molecule has 0 radical (unpaired) electrons. The Kier molecular flexibility index (Phi) is 4.58. The first-order valence-electron chi connectivity index (χ1n) is 9.12. The van der Waals surface area contributed by atoms with Crippen molar-refractivity contribution in [1.29, 1.82) is 0 Å². The molecule has 4 rings (SSSR count). The van der Waals surface area contributed by atoms with E-state index in [0.29, 0.717) is 35.5 Å². The summed E-state index contributed by atoms with van der Waals surface area (Å²) in [5, 5.41) is 0.636. The SMILES string of the molecule is CN(C(=O)c1cn(C)c(=O)c2[nH]ccc12)C1CCN(c2ncc(F)cn2)CC1. The van der Waals surface area contributed by atoms with Gasteiger partial charge in [0.15, 0.2) is 5.82 Å². The van der Waals surface area contributed by atoms with Crippen LogP contribution in [0.15, 0.2) is 35.6 Å². The summed E-state index contributed by atoms with van der Waals surface area (Å²) in [5.41, 5.74) is 0.780. The molecule has 28 heavy (non-hydrogen) atoms. The van der Waals surface area contributed by atoms with Gasteiger partial charge in [-0.2, -0.15) is 0 Å². The van der Waals surface area contributed by atoms with Crippen LogP contribution in [0.5, 0.6) is 0 Å². The molecule has 0 bridgehead atoms. The van der Waals surface area contributed by atoms with E-state index < -0.39 is 5.82 Å². The third-order valence-corrected chi connectivity index (χ3v) is 5.35. The number of fused-ring (bicyclic) bond motifs is 1. The molecule has 0 saturated carbocycles. The van der Waals surface area contributed by atoms with Gasteiger partial charge in [-0.15, -0.1) is 0 Å². The first-order valence-corrected chi connectivity index (χ1v) is 9.12. The molecule has 3 aromatic rings. The van der Waals surface area contributed by atoms with Crippen LogP contribution in [0.3, 0.4) is 0 Å². The Balaban J connectivity index is 1.50. The van der Waals surface area contributed by atoms with E-state index in [4.69, 9.17) is 0 Å². The van der Waals surface area contributed by atoms with E-state index in [0.717, 1.165) is 25.2 Å². The first kappa shape index (κ1) is 18.1. The molecule has 1 N–H and O–H groups in total. The van der Waals surface area contributed by atoms with E-state index in [-0.39, 0.29) is 17.5 Å². The number of rotatable bonds is 3. The number of piperidine rings is 1. The maximum atomic E-state index is 13.1. The van der Waals surface area contributed by atoms with Crippen LogP contribution in [0, 0.1) is 5.82 Å². The summed E-state index contributed by atoms with van der Waals surface area (Å²) < 4.78 is 14.4. The lowest BCUT2D eigenvalue weighted by Crippen LogP contribution is -2.46. The van der Waals surface area contributed by atoms with Crippen LogP contribution in [0.4, 0.5) is 10.3 Å². The van der Waals surface area contributed by atoms with Crippen molar-refractivity contribution in [1.82, 2.24) is 24.4 Å². The van der Waals surface area contributed by atoms with Gasteiger partial charge in [-0.05, 0) is 18.9 Å². The Morgan fingerprint density at radius 3 is 2.64 bits per heavy atom. The topological polar surface area (TPSA) is 87.1 Å². The largest absolute Gasteiger partial charge is 0.357 e. The van der Waals surface area contributed by atoms with Crippen molar-refractivity contribution in [2.45, 2.75) is 18.9 Å². The molecule has 0 unspecified atom stereocenters. The van der Waals surface area contributed by atoms with Crippen LogP contribution < -0.4 is 10.5 Å². The molecule has 9 heteroatoms. The Bertz CT molecular complexity index is 1070. The smallest absolute Gasteiger partial charge is 0.274 e. The summed E-state index contributed by atoms with van der Waals surface area (Å²) in [5.74, 6) is -0.0742. The van der Waals surface area contributed by atoms with Gasteiger partial charge in [0.25, 0.3) is 11.5 Å². The number of aromatic amines is 1. The number of nitrogens with zero attached hydrogens (tertiary/aromatic N) is 5. The van der Waals surface area contributed by atoms with Crippen LogP contribution in [0.1, 0.15) is 23.2 Å². The minimum absolute atomic E-state index is 0.0652. The van der Waals surface area contributed by atoms with E-state index in [1.54, 1.807) is 37.5 Å². The second kappa shape index (κ2) is 7.06. The highest BCUT2D eigenvalue weighted by atomic mass is 19.1. The lowest BCUT2D eigenvalue weighted by Gasteiger charge is -2.36. The van der Waals surface area contributed by atoms with Crippen LogP contribution in [0.25, 0.3) is 10.9 Å². The quantitative estimate of drug-likeness (QED) is 0.740. The predicted molar refractivity (Wildman–Crippen MR) is 103 cm³/mol. The number of pyridine rings is 1. The number of aromatic nitrogens is 4. The van der Waals surface area contributed by atoms with E-state index in [9.17, 15) is 14.0 Å². The number of hydrogen-bond donors (Lipinski definition) is 1. The number of nitrogens with one attached hydrogen (secondary N) is 1. The van der Waals surface area contributed by atoms with Crippen LogP contribution in [-0.4, -0.2) is 56.5 Å². The van der Waals surface area contributed by atoms with Gasteiger partial charge in [0.2, 0.25) is 5.95 Å². The van der Waals surface area contributed by atoms with E-state index in [1.165, 1.54) is 4.57 Å². The van der Waals surface area contributed by atoms with Crippen molar-refractivity contribution < 1.29 is 9.18 Å². The molecule has 1 aliphatic heterocycles. The monoisotopic (exact) mass is 384 g/mol. The Hall–Kier alpha value is -3.23. The highest BCUT2D eigenvalue weighted by molar-refractivity contribution is 6.05. The highest BCUT2D eigenvalue weighted by Gasteiger charge is 2.28. The molecule has 1 saturated heterocycles. The maximum Gasteiger partial charge on any atom is 0.274 e. The zero-order valence-electron chi connectivity index (χ0n) is 15.7. The summed E-state index contributed by atoms with van der Waals surface area (Å²) in [7, 11) is 3.43. The summed E-state index contributed by atoms with van der Waals surface area (Å²) in [6, 6.07) is 1.82. The van der Waals surface area contributed by atoms with Crippen LogP contribution in [-0.2, 0) is 7.05 Å². The number of H-pyrrole nitrogens is 1. The van der Waals surface area contributed by atoms with Crippen molar-refractivity contribution in [3.63, 3.8) is 0 Å². The van der Waals surface area contributed by atoms with Gasteiger partial charge in [0.05, 0.1) is 18.0 Å². The zero-order valence-corrected chi connectivity index (χ0v) is 15.7. The van der Waals surface area contributed by atoms with E-state index in [2.05, 4.69) is 15.0 Å². The van der Waals surface area contributed by atoms with Crippen molar-refractivity contribution in [2.75, 3.05) is 25.0 Å². The van der Waals surface area contributed by atoms with Gasteiger partial charge in [0.1, 0.15) is 5.52 Å². The molecule has 0 spiro atoms. The molecule has 0 atom stereocenters. The number of amides is 1. The molecule has 146 valence electrons. The fourth-order valence-electron chi connectivity index (χ4n) is 3.72. The predicted octanol–water partition coefficient (Wildman–Crippen LogP) is 1.54. The van der Waals surface area contributed by atoms with Crippen molar-refractivity contribution >= 4 is 22.8 Å². The fraction of sp³-hybridized carbons (Fsp3) is 0.368. The molecular weight excluding hydrogens is 363 g/mol. The Morgan fingerprint density at radius 1 is 1.29 bits per heavy atom. The molecule has 3 aromatic heterocycles. The summed E-state index contributed by atoms with van der Waals surface area (Å²) in [6.07, 6.45) is 7.09. The van der Waals surface area contributed by atoms with Gasteiger partial charge in [0, 0.05) is 51.0 Å². The number of anilines is 1. The minimum atomic E-state index is -0.461. The highest BCUT2D eigenvalue weighted by Crippen LogP contribution is 2.22. The third-order valence-electron chi connectivity index (χ3n) is 5.35. The van der Waals surface area contributed by atoms with E-state index >= 15 is 0 Å². The third kappa shape index (κ3) is 3.12. The van der Waals surface area contributed by atoms with Gasteiger partial charge in [-0.25, -0.2) is 14.4 Å². The number of aryl methyl sites for hydroxylation is 1. The zero-order chi connectivity index (χ0) is 19.8. The van der Waals surface area contributed by atoms with Crippen molar-refractivity contribution in [3.05, 3.63) is 52.6 Å². The summed E-state index contributed by atoms with van der Waals surface area (Å²) in [4.78, 5) is 40.0. The lowest BCUT2D eigenvalue weighted by atomic mass is 10.0. The molecule has 8 nitrogen and oxygen atoms in total. The second-order valence-electron chi connectivity index (χ2n) is 7.06. The molecule has 0 aromatic carbocycles. The molecule has 1 fully saturated rings. The number of carbonyl (C=O) groups excluding carboxylic acids is 1. The fourth-order valence-corrected chi connectivity index (χ4v) is 3.72. The number of carbonyl (C=O) groups is 1. The van der Waals surface area contributed by atoms with Crippen LogP contribution in [0.2, 0.25) is 0 Å². The van der Waals surface area contributed by atoms with Crippen LogP contribution >= 0.6 is 0 Å². The normalized spacial score (nSPS) is 15.2. The molecule has 4 heterocycles.